The molecule has 6 nitrogen and oxygen atoms in total. The minimum absolute atomic E-state index is 0.0249. The highest BCUT2D eigenvalue weighted by Gasteiger charge is 2.57. The van der Waals surface area contributed by atoms with Gasteiger partial charge in [0.1, 0.15) is 5.67 Å². The van der Waals surface area contributed by atoms with E-state index in [1.165, 1.54) is 4.90 Å². The molecular formula is C12H18F3N3O3S. The van der Waals surface area contributed by atoms with Crippen LogP contribution in [0.2, 0.25) is 0 Å². The molecule has 2 N–H and O–H groups in total. The Hall–Kier alpha value is -1.03. The van der Waals surface area contributed by atoms with Gasteiger partial charge in [0.05, 0.1) is 6.54 Å². The van der Waals surface area contributed by atoms with Crippen molar-refractivity contribution in [3.05, 3.63) is 0 Å². The molecule has 3 aliphatic rings. The van der Waals surface area contributed by atoms with Crippen molar-refractivity contribution in [1.29, 1.82) is 0 Å². The molecule has 1 atom stereocenters. The highest BCUT2D eigenvalue weighted by atomic mass is 32.2. The van der Waals surface area contributed by atoms with Gasteiger partial charge in [-0.15, -0.1) is 0 Å². The summed E-state index contributed by atoms with van der Waals surface area (Å²) in [6.45, 7) is 0.258. The van der Waals surface area contributed by atoms with Gasteiger partial charge in [0.2, 0.25) is 0 Å². The van der Waals surface area contributed by atoms with Crippen LogP contribution in [-0.4, -0.2) is 56.5 Å². The lowest BCUT2D eigenvalue weighted by molar-refractivity contribution is 0.199. The van der Waals surface area contributed by atoms with Crippen LogP contribution in [0.4, 0.5) is 18.0 Å². The topological polar surface area (TPSA) is 78.5 Å². The predicted octanol–water partition coefficient (Wildman–Crippen LogP) is 0.804. The molecule has 0 radical (unpaired) electrons. The lowest BCUT2D eigenvalue weighted by atomic mass is 10.0. The molecule has 2 aliphatic carbocycles. The van der Waals surface area contributed by atoms with E-state index in [0.717, 1.165) is 0 Å². The van der Waals surface area contributed by atoms with Crippen LogP contribution in [0.1, 0.15) is 25.7 Å². The Labute approximate surface area is 126 Å². The number of halogens is 3. The molecule has 1 aliphatic heterocycles. The molecule has 3 fully saturated rings. The van der Waals surface area contributed by atoms with Gasteiger partial charge in [-0.1, -0.05) is 0 Å². The Balaban J connectivity index is 1.59. The first-order chi connectivity index (χ1) is 10.2. The van der Waals surface area contributed by atoms with Gasteiger partial charge in [0, 0.05) is 24.5 Å². The zero-order chi connectivity index (χ0) is 16.2. The molecule has 1 spiro atoms. The van der Waals surface area contributed by atoms with Gasteiger partial charge in [-0.25, -0.2) is 22.3 Å². The molecule has 22 heavy (non-hydrogen) atoms. The first-order valence-electron chi connectivity index (χ1n) is 7.17. The van der Waals surface area contributed by atoms with Gasteiger partial charge in [0.25, 0.3) is 10.0 Å². The Morgan fingerprint density at radius 2 is 1.91 bits per heavy atom. The van der Waals surface area contributed by atoms with Crippen molar-refractivity contribution in [3.8, 4) is 0 Å². The maximum atomic E-state index is 13.5. The van der Waals surface area contributed by atoms with Crippen molar-refractivity contribution in [3.63, 3.8) is 0 Å². The smallest absolute Gasteiger partial charge is 0.335 e. The number of sulfonamides is 1. The third kappa shape index (κ3) is 3.03. The second-order valence-electron chi connectivity index (χ2n) is 6.53. The molecule has 1 saturated heterocycles. The minimum atomic E-state index is -4.69. The minimum Gasteiger partial charge on any atom is -0.335 e. The van der Waals surface area contributed by atoms with Crippen LogP contribution in [0, 0.1) is 5.41 Å². The average Bonchev–Trinajstić information content (AvgIpc) is 3.31. The van der Waals surface area contributed by atoms with Gasteiger partial charge >= 0.3 is 11.8 Å². The van der Waals surface area contributed by atoms with Gasteiger partial charge in [-0.2, -0.15) is 8.78 Å². The molecule has 10 heteroatoms. The maximum absolute atomic E-state index is 13.5. The number of hydrogen-bond acceptors (Lipinski definition) is 3. The summed E-state index contributed by atoms with van der Waals surface area (Å²) < 4.78 is 63.1. The fourth-order valence-electron chi connectivity index (χ4n) is 2.86. The molecule has 0 aromatic heterocycles. The summed E-state index contributed by atoms with van der Waals surface area (Å²) in [7, 11) is -4.69. The Morgan fingerprint density at radius 3 is 2.41 bits per heavy atom. The first-order valence-corrected chi connectivity index (χ1v) is 8.72. The van der Waals surface area contributed by atoms with E-state index in [2.05, 4.69) is 5.32 Å². The SMILES string of the molecule is O=C(NCC1(F)CC1)N1C[C@@H](NS(=O)(=O)C(F)F)C2(CC2)C1. The van der Waals surface area contributed by atoms with E-state index in [-0.39, 0.29) is 13.1 Å². The monoisotopic (exact) mass is 341 g/mol. The van der Waals surface area contributed by atoms with E-state index in [1.807, 2.05) is 4.72 Å². The number of nitrogens with zero attached hydrogens (tertiary/aromatic N) is 1. The lowest BCUT2D eigenvalue weighted by Gasteiger charge is -2.18. The predicted molar refractivity (Wildman–Crippen MR) is 71.6 cm³/mol. The second-order valence-corrected chi connectivity index (χ2v) is 8.21. The van der Waals surface area contributed by atoms with Crippen LogP contribution in [0.5, 0.6) is 0 Å². The van der Waals surface area contributed by atoms with Crippen molar-refractivity contribution in [2.75, 3.05) is 19.6 Å². The molecule has 2 saturated carbocycles. The highest BCUT2D eigenvalue weighted by Crippen LogP contribution is 2.53. The van der Waals surface area contributed by atoms with Gasteiger partial charge < -0.3 is 10.2 Å². The molecule has 1 heterocycles. The Kier molecular flexibility index (Phi) is 3.59. The third-order valence-electron chi connectivity index (χ3n) is 4.72. The number of rotatable bonds is 5. The van der Waals surface area contributed by atoms with E-state index in [9.17, 15) is 26.4 Å². The van der Waals surface area contributed by atoms with Crippen LogP contribution < -0.4 is 10.0 Å². The zero-order valence-electron chi connectivity index (χ0n) is 11.8. The van der Waals surface area contributed by atoms with Crippen LogP contribution >= 0.6 is 0 Å². The van der Waals surface area contributed by atoms with Crippen molar-refractivity contribution in [2.45, 2.75) is 43.2 Å². The average molecular weight is 341 g/mol. The standard InChI is InChI=1S/C12H18F3N3O3S/c13-9(14)22(20,21)17-8-5-18(7-11(8)1-2-11)10(19)16-6-12(15)3-4-12/h8-9,17H,1-7H2,(H,16,19)/t8-/m1/s1. The highest BCUT2D eigenvalue weighted by molar-refractivity contribution is 7.89. The quantitative estimate of drug-likeness (QED) is 0.777. The summed E-state index contributed by atoms with van der Waals surface area (Å²) in [6.07, 6.45) is 2.21. The van der Waals surface area contributed by atoms with E-state index in [4.69, 9.17) is 0 Å². The molecule has 0 unspecified atom stereocenters. The first kappa shape index (κ1) is 15.9. The Morgan fingerprint density at radius 1 is 1.27 bits per heavy atom. The lowest BCUT2D eigenvalue weighted by Crippen LogP contribution is -2.45. The summed E-state index contributed by atoms with van der Waals surface area (Å²) in [6, 6.07) is -1.19. The van der Waals surface area contributed by atoms with Crippen molar-refractivity contribution in [1.82, 2.24) is 14.9 Å². The van der Waals surface area contributed by atoms with Crippen LogP contribution in [0.15, 0.2) is 0 Å². The van der Waals surface area contributed by atoms with E-state index in [1.54, 1.807) is 0 Å². The number of alkyl halides is 3. The summed E-state index contributed by atoms with van der Waals surface area (Å²) in [5.41, 5.74) is -1.77. The molecule has 0 bridgehead atoms. The van der Waals surface area contributed by atoms with Gasteiger partial charge in [0.15, 0.2) is 0 Å². The van der Waals surface area contributed by atoms with Crippen LogP contribution in [-0.2, 0) is 10.0 Å². The number of likely N-dealkylation sites (tertiary alicyclic amines) is 1. The number of carbonyl (C=O) groups excluding carboxylic acids is 1. The molecular weight excluding hydrogens is 323 g/mol. The molecule has 3 rings (SSSR count). The molecule has 0 aromatic rings. The van der Waals surface area contributed by atoms with Crippen molar-refractivity contribution < 1.29 is 26.4 Å². The number of amides is 2. The fraction of sp³-hybridized carbons (Fsp3) is 0.917. The molecule has 0 aromatic carbocycles. The number of carbonyl (C=O) groups is 1. The fourth-order valence-corrected chi connectivity index (χ4v) is 3.68. The summed E-state index contributed by atoms with van der Waals surface area (Å²) >= 11 is 0. The maximum Gasteiger partial charge on any atom is 0.350 e. The summed E-state index contributed by atoms with van der Waals surface area (Å²) in [4.78, 5) is 13.4. The van der Waals surface area contributed by atoms with Crippen LogP contribution in [0.3, 0.4) is 0 Å². The zero-order valence-corrected chi connectivity index (χ0v) is 12.6. The molecule has 2 amide bonds. The number of hydrogen-bond donors (Lipinski definition) is 2. The number of urea groups is 1. The van der Waals surface area contributed by atoms with Crippen molar-refractivity contribution >= 4 is 16.1 Å². The van der Waals surface area contributed by atoms with Crippen molar-refractivity contribution in [2.24, 2.45) is 5.41 Å². The molecule has 126 valence electrons. The van der Waals surface area contributed by atoms with Crippen LogP contribution in [0.25, 0.3) is 0 Å². The largest absolute Gasteiger partial charge is 0.350 e. The second kappa shape index (κ2) is 4.98. The third-order valence-corrected chi connectivity index (χ3v) is 5.80. The van der Waals surface area contributed by atoms with E-state index in [0.29, 0.717) is 32.2 Å². The normalized spacial score (nSPS) is 28.2. The number of nitrogens with one attached hydrogen (secondary N) is 2. The van der Waals surface area contributed by atoms with E-state index < -0.39 is 38.9 Å². The van der Waals surface area contributed by atoms with Gasteiger partial charge in [-0.3, -0.25) is 0 Å². The summed E-state index contributed by atoms with van der Waals surface area (Å²) in [5, 5.41) is 2.49. The Bertz CT molecular complexity index is 575. The van der Waals surface area contributed by atoms with E-state index >= 15 is 0 Å². The van der Waals surface area contributed by atoms with Gasteiger partial charge in [-0.05, 0) is 25.7 Å². The summed E-state index contributed by atoms with van der Waals surface area (Å²) in [5.74, 6) is -3.49.